The number of rotatable bonds is 4. The predicted octanol–water partition coefficient (Wildman–Crippen LogP) is 1.07. The second-order valence-corrected chi connectivity index (χ2v) is 5.14. The van der Waals surface area contributed by atoms with Crippen LogP contribution in [0.2, 0.25) is 0 Å². The van der Waals surface area contributed by atoms with Crippen molar-refractivity contribution in [2.24, 2.45) is 0 Å². The maximum atomic E-state index is 13.1. The minimum absolute atomic E-state index is 0.0334. The first kappa shape index (κ1) is 16.3. The first-order valence-corrected chi connectivity index (χ1v) is 6.65. The molecule has 11 heteroatoms. The summed E-state index contributed by atoms with van der Waals surface area (Å²) in [6.45, 7) is -2.99. The normalized spacial score (nSPS) is 12.1. The number of carboxylic acids is 1. The molecule has 1 N–H and O–H groups in total. The van der Waals surface area contributed by atoms with Crippen LogP contribution in [0, 0.1) is 0 Å². The summed E-state index contributed by atoms with van der Waals surface area (Å²) in [5, 5.41) is 15.0. The molecule has 0 bridgehead atoms. The van der Waals surface area contributed by atoms with Crippen molar-refractivity contribution >= 4 is 40.4 Å². The molecule has 0 fully saturated rings. The molecule has 0 unspecified atom stereocenters. The summed E-state index contributed by atoms with van der Waals surface area (Å²) < 4.78 is 27.7. The van der Waals surface area contributed by atoms with E-state index in [9.17, 15) is 13.6 Å². The van der Waals surface area contributed by atoms with Crippen molar-refractivity contribution in [3.8, 4) is 11.3 Å². The minimum atomic E-state index is -2.99. The van der Waals surface area contributed by atoms with Crippen LogP contribution in [0.3, 0.4) is 0 Å². The van der Waals surface area contributed by atoms with Crippen molar-refractivity contribution in [2.75, 3.05) is 0 Å². The van der Waals surface area contributed by atoms with Gasteiger partial charge in [-0.1, -0.05) is 6.07 Å². The Morgan fingerprint density at radius 2 is 1.92 bits per heavy atom. The summed E-state index contributed by atoms with van der Waals surface area (Å²) in [6, 6.07) is 5.83. The highest BCUT2D eigenvalue weighted by Crippen LogP contribution is 2.28. The fraction of sp³-hybridized carbons (Fsp3) is 0.154. The van der Waals surface area contributed by atoms with E-state index in [1.807, 2.05) is 0 Å². The van der Waals surface area contributed by atoms with E-state index in [2.05, 4.69) is 10.2 Å². The van der Waals surface area contributed by atoms with Gasteiger partial charge in [0.15, 0.2) is 5.69 Å². The van der Waals surface area contributed by atoms with Gasteiger partial charge in [-0.3, -0.25) is 4.68 Å². The third-order valence-electron chi connectivity index (χ3n) is 3.38. The van der Waals surface area contributed by atoms with Crippen LogP contribution in [-0.2, 0) is 5.24 Å². The van der Waals surface area contributed by atoms with Crippen molar-refractivity contribution in [1.82, 2.24) is 19.6 Å². The number of benzene rings is 1. The van der Waals surface area contributed by atoms with Crippen molar-refractivity contribution < 1.29 is 18.7 Å². The Morgan fingerprint density at radius 3 is 2.46 bits per heavy atom. The maximum absolute atomic E-state index is 13.1. The smallest absolute Gasteiger partial charge is 0.357 e. The van der Waals surface area contributed by atoms with E-state index in [0.29, 0.717) is 15.9 Å². The molecular weight excluding hydrogens is 315 g/mol. The minimum Gasteiger partial charge on any atom is -0.476 e. The molecule has 0 aliphatic carbocycles. The Balaban J connectivity index is 2.16. The fourth-order valence-corrected chi connectivity index (χ4v) is 2.30. The number of nitrogens with zero attached hydrogens (tertiary/aromatic N) is 4. The third kappa shape index (κ3) is 2.70. The Labute approximate surface area is 138 Å². The molecule has 0 spiro atoms. The lowest BCUT2D eigenvalue weighted by molar-refractivity contribution is 0.0585. The fourth-order valence-electron chi connectivity index (χ4n) is 2.30. The van der Waals surface area contributed by atoms with Gasteiger partial charge in [0.05, 0.1) is 34.7 Å². The number of hydrogen-bond donors (Lipinski definition) is 1. The Bertz CT molecular complexity index is 933. The molecule has 1 aromatic carbocycles. The number of aromatic nitrogens is 4. The second kappa shape index (κ2) is 5.50. The molecule has 0 aliphatic rings. The molecule has 0 saturated carbocycles. The number of halogens is 2. The molecule has 6 nitrogen and oxygen atoms in total. The molecule has 6 radical (unpaired) electrons. The van der Waals surface area contributed by atoms with E-state index in [4.69, 9.17) is 28.6 Å². The summed E-state index contributed by atoms with van der Waals surface area (Å²) in [7, 11) is 16.5. The molecule has 24 heavy (non-hydrogen) atoms. The quantitative estimate of drug-likeness (QED) is 0.730. The molecule has 114 valence electrons. The standard InChI is InChI=1S/C13H7B3F2N4O2/c14-13(15,16)21-4-3-8(19-21)6-1-2-7-9(5-6)22(12(17)18)20-10(7)11(23)24/h1-5,12H,(H,23,24). The topological polar surface area (TPSA) is 72.9 Å². The van der Waals surface area contributed by atoms with Gasteiger partial charge in [0.1, 0.15) is 0 Å². The summed E-state index contributed by atoms with van der Waals surface area (Å²) in [6.07, 6.45) is 1.44. The van der Waals surface area contributed by atoms with E-state index >= 15 is 0 Å². The lowest BCUT2D eigenvalue weighted by Gasteiger charge is -2.20. The van der Waals surface area contributed by atoms with Crippen LogP contribution in [-0.4, -0.2) is 54.2 Å². The maximum Gasteiger partial charge on any atom is 0.357 e. The molecule has 3 rings (SSSR count). The van der Waals surface area contributed by atoms with Crippen LogP contribution in [0.5, 0.6) is 0 Å². The molecule has 0 amide bonds. The number of hydrogen-bond acceptors (Lipinski definition) is 3. The zero-order valence-electron chi connectivity index (χ0n) is 12.1. The number of carbonyl (C=O) groups is 1. The van der Waals surface area contributed by atoms with Gasteiger partial charge in [0.25, 0.3) is 0 Å². The van der Waals surface area contributed by atoms with Gasteiger partial charge < -0.3 is 5.11 Å². The predicted molar refractivity (Wildman–Crippen MR) is 84.4 cm³/mol. The van der Waals surface area contributed by atoms with E-state index in [0.717, 1.165) is 4.68 Å². The van der Waals surface area contributed by atoms with Gasteiger partial charge in [-0.2, -0.15) is 19.0 Å². The Hall–Kier alpha value is -2.58. The van der Waals surface area contributed by atoms with Crippen LogP contribution < -0.4 is 0 Å². The lowest BCUT2D eigenvalue weighted by atomic mass is 9.49. The average Bonchev–Trinajstić information content (AvgIpc) is 3.11. The molecule has 0 aliphatic heterocycles. The Kier molecular flexibility index (Phi) is 3.73. The van der Waals surface area contributed by atoms with Gasteiger partial charge in [0, 0.05) is 17.1 Å². The number of alkyl halides is 2. The second-order valence-electron chi connectivity index (χ2n) is 5.14. The van der Waals surface area contributed by atoms with E-state index < -0.39 is 23.4 Å². The van der Waals surface area contributed by atoms with Gasteiger partial charge in [-0.15, -0.1) is 0 Å². The summed E-state index contributed by atoms with van der Waals surface area (Å²) in [5.74, 6) is -1.39. The summed E-state index contributed by atoms with van der Waals surface area (Å²) in [4.78, 5) is 11.1. The van der Waals surface area contributed by atoms with Gasteiger partial charge >= 0.3 is 12.5 Å². The SMILES string of the molecule is [B]C([B])([B])n1ccc(-c2ccc3c(C(=O)O)nn(C(F)F)c3c2)n1. The zero-order chi connectivity index (χ0) is 17.6. The monoisotopic (exact) mass is 322 g/mol. The number of aromatic carboxylic acids is 1. The molecule has 3 aromatic rings. The molecule has 0 saturated heterocycles. The Morgan fingerprint density at radius 1 is 1.21 bits per heavy atom. The van der Waals surface area contributed by atoms with Crippen LogP contribution in [0.25, 0.3) is 22.2 Å². The third-order valence-corrected chi connectivity index (χ3v) is 3.38. The largest absolute Gasteiger partial charge is 0.476 e. The van der Waals surface area contributed by atoms with Crippen LogP contribution >= 0.6 is 0 Å². The number of carboxylic acid groups (broad SMARTS) is 1. The van der Waals surface area contributed by atoms with Crippen molar-refractivity contribution in [3.05, 3.63) is 36.2 Å². The van der Waals surface area contributed by atoms with Crippen molar-refractivity contribution in [3.63, 3.8) is 0 Å². The molecule has 2 heterocycles. The number of fused-ring (bicyclic) bond motifs is 1. The van der Waals surface area contributed by atoms with Gasteiger partial charge in [0.2, 0.25) is 0 Å². The highest BCUT2D eigenvalue weighted by atomic mass is 19.3. The lowest BCUT2D eigenvalue weighted by Crippen LogP contribution is -2.35. The van der Waals surface area contributed by atoms with Crippen LogP contribution in [0.4, 0.5) is 8.78 Å². The van der Waals surface area contributed by atoms with Gasteiger partial charge in [-0.25, -0.2) is 9.48 Å². The van der Waals surface area contributed by atoms with Gasteiger partial charge in [-0.05, 0) is 23.4 Å². The van der Waals surface area contributed by atoms with E-state index in [-0.39, 0.29) is 10.9 Å². The summed E-state index contributed by atoms with van der Waals surface area (Å²) in [5.41, 5.74) is 0.340. The van der Waals surface area contributed by atoms with Crippen molar-refractivity contribution in [2.45, 2.75) is 11.8 Å². The molecule has 0 atom stereocenters. The first-order valence-electron chi connectivity index (χ1n) is 6.65. The zero-order valence-corrected chi connectivity index (χ0v) is 12.1. The van der Waals surface area contributed by atoms with E-state index in [1.54, 1.807) is 6.07 Å². The highest BCUT2D eigenvalue weighted by Gasteiger charge is 2.21. The average molecular weight is 322 g/mol. The van der Waals surface area contributed by atoms with Crippen LogP contribution in [0.1, 0.15) is 17.0 Å². The molecule has 2 aromatic heterocycles. The summed E-state index contributed by atoms with van der Waals surface area (Å²) >= 11 is 0. The first-order chi connectivity index (χ1) is 11.2. The van der Waals surface area contributed by atoms with Crippen LogP contribution in [0.15, 0.2) is 30.5 Å². The van der Waals surface area contributed by atoms with Crippen molar-refractivity contribution in [1.29, 1.82) is 0 Å². The highest BCUT2D eigenvalue weighted by molar-refractivity contribution is 6.56. The molecular formula is C13H7B3F2N4O2. The van der Waals surface area contributed by atoms with E-state index in [1.165, 1.54) is 24.4 Å².